The number of azide groups is 1. The van der Waals surface area contributed by atoms with Crippen LogP contribution in [0.25, 0.3) is 10.4 Å². The molecule has 7 atom stereocenters. The number of rotatable bonds is 47. The fourth-order valence-electron chi connectivity index (χ4n) is 7.26. The van der Waals surface area contributed by atoms with E-state index in [2.05, 4.69) is 47.2 Å². The topological polar surface area (TPSA) is 470 Å². The summed E-state index contributed by atoms with van der Waals surface area (Å²) in [5, 5.41) is 23.0. The first-order valence-electron chi connectivity index (χ1n) is 26.1. The summed E-state index contributed by atoms with van der Waals surface area (Å²) in [6, 6.07) is -6.12. The van der Waals surface area contributed by atoms with Gasteiger partial charge >= 0.3 is 0 Å². The average Bonchev–Trinajstić information content (AvgIpc) is 3.36. The fraction of sp³-hybridized carbons (Fsp3) is 0.848. The molecule has 26 heteroatoms. The Morgan fingerprint density at radius 2 is 0.694 bits per heavy atom. The van der Waals surface area contributed by atoms with Gasteiger partial charge in [-0.3, -0.25) is 33.6 Å². The van der Waals surface area contributed by atoms with Crippen LogP contribution in [-0.2, 0) is 38.3 Å². The number of hydrogen-bond acceptors (Lipinski definition) is 17. The molecule has 0 saturated heterocycles. The lowest BCUT2D eigenvalue weighted by molar-refractivity contribution is -0.132. The van der Waals surface area contributed by atoms with Gasteiger partial charge in [-0.05, 0) is 141 Å². The molecule has 0 aliphatic heterocycles. The fourth-order valence-corrected chi connectivity index (χ4v) is 7.26. The molecule has 0 saturated carbocycles. The first-order chi connectivity index (χ1) is 34.7. The van der Waals surface area contributed by atoms with Crippen molar-refractivity contribution in [3.8, 4) is 0 Å². The number of carbonyl (C=O) groups excluding carboxylic acids is 7. The van der Waals surface area contributed by atoms with Crippen LogP contribution < -0.4 is 83.1 Å². The SMILES string of the molecule is [N-]=[N+]=NCCOCCNC(=O)[C@H](CCCCNC(=O)[C@H](CCCCNC(=O)[C@@H](N)CCCCN)NC(=O)[C@@H](N)CCCCN)NC(=O)[C@H](CCCCNC(=O)[C@@H](N)CCCCN)NC(=O)[C@@H](N)CCCCN. The highest BCUT2D eigenvalue weighted by Gasteiger charge is 2.29. The summed E-state index contributed by atoms with van der Waals surface area (Å²) in [4.78, 5) is 95.0. The number of ether oxygens (including phenoxy) is 1. The first-order valence-corrected chi connectivity index (χ1v) is 26.1. The normalized spacial score (nSPS) is 14.0. The molecule has 0 bridgehead atoms. The molecule has 0 aliphatic rings. The Morgan fingerprint density at radius 3 is 1.06 bits per heavy atom. The predicted octanol–water partition coefficient (Wildman–Crippen LogP) is -2.43. The van der Waals surface area contributed by atoms with Crippen molar-refractivity contribution in [2.24, 2.45) is 51.0 Å². The molecule has 23 N–H and O–H groups in total. The van der Waals surface area contributed by atoms with Crippen LogP contribution in [0, 0.1) is 0 Å². The number of amides is 7. The largest absolute Gasteiger partial charge is 0.379 e. The van der Waals surface area contributed by atoms with Crippen LogP contribution in [0.3, 0.4) is 0 Å². The highest BCUT2D eigenvalue weighted by molar-refractivity contribution is 5.93. The third kappa shape index (κ3) is 34.6. The minimum Gasteiger partial charge on any atom is -0.379 e. The quantitative estimate of drug-likeness (QED) is 0.0130. The smallest absolute Gasteiger partial charge is 0.243 e. The molecule has 0 spiro atoms. The molecule has 416 valence electrons. The number of unbranched alkanes of at least 4 members (excludes halogenated alkanes) is 7. The summed E-state index contributed by atoms with van der Waals surface area (Å²) < 4.78 is 5.41. The highest BCUT2D eigenvalue weighted by atomic mass is 16.5. The molecule has 0 aliphatic carbocycles. The van der Waals surface area contributed by atoms with Crippen molar-refractivity contribution in [1.82, 2.24) is 37.2 Å². The zero-order valence-corrected chi connectivity index (χ0v) is 42.9. The number of nitrogens with two attached hydrogens (primary N) is 8. The van der Waals surface area contributed by atoms with Gasteiger partial charge in [0.1, 0.15) is 18.1 Å². The summed E-state index contributed by atoms with van der Waals surface area (Å²) >= 11 is 0. The van der Waals surface area contributed by atoms with E-state index in [1.165, 1.54) is 0 Å². The molecule has 0 unspecified atom stereocenters. The zero-order valence-electron chi connectivity index (χ0n) is 42.9. The summed E-state index contributed by atoms with van der Waals surface area (Å²) in [5.74, 6) is -3.14. The van der Waals surface area contributed by atoms with Crippen LogP contribution in [0.2, 0.25) is 0 Å². The van der Waals surface area contributed by atoms with E-state index in [4.69, 9.17) is 56.1 Å². The van der Waals surface area contributed by atoms with Gasteiger partial charge in [-0.15, -0.1) is 0 Å². The Labute approximate surface area is 426 Å². The lowest BCUT2D eigenvalue weighted by Crippen LogP contribution is -2.56. The standard InChI is InChI=1S/C46H94N18O8/c47-22-8-1-15-33(51)40(65)56-26-12-5-19-37(61-42(67)35(53)17-3-10-24-49)44(69)58-28-14-6-20-38(45(70)59-29-31-72-32-30-60-64-55)63-46(71)39(62-43(68)36(54)18-4-11-25-50)21-7-13-27-57-41(66)34(52)16-2-9-23-48/h33-39H,1-32,47-54H2,(H,56,65)(H,57,66)(H,58,69)(H,59,70)(H,61,67)(H,62,68)(H,63,71)/t33-,34-,35-,36-,37-,38-,39-/m0/s1. The molecule has 0 radical (unpaired) electrons. The lowest BCUT2D eigenvalue weighted by atomic mass is 10.0. The Morgan fingerprint density at radius 1 is 0.389 bits per heavy atom. The number of carbonyl (C=O) groups is 7. The maximum atomic E-state index is 14.0. The van der Waals surface area contributed by atoms with E-state index in [1.54, 1.807) is 0 Å². The monoisotopic (exact) mass is 1030 g/mol. The first kappa shape index (κ1) is 67.2. The van der Waals surface area contributed by atoms with E-state index >= 15 is 0 Å². The maximum Gasteiger partial charge on any atom is 0.243 e. The zero-order chi connectivity index (χ0) is 53.8. The summed E-state index contributed by atoms with van der Waals surface area (Å²) in [5.41, 5.74) is 55.1. The van der Waals surface area contributed by atoms with Crippen LogP contribution in [0.5, 0.6) is 0 Å². The van der Waals surface area contributed by atoms with Gasteiger partial charge in [0.05, 0.1) is 37.4 Å². The average molecular weight is 1030 g/mol. The van der Waals surface area contributed by atoms with Gasteiger partial charge < -0.3 is 87.8 Å². The van der Waals surface area contributed by atoms with Crippen molar-refractivity contribution in [1.29, 1.82) is 0 Å². The predicted molar refractivity (Wildman–Crippen MR) is 278 cm³/mol. The minimum absolute atomic E-state index is 0.0800. The van der Waals surface area contributed by atoms with E-state index in [0.717, 1.165) is 25.7 Å². The molecule has 0 aromatic carbocycles. The van der Waals surface area contributed by atoms with Crippen molar-refractivity contribution in [3.63, 3.8) is 0 Å². The molecule has 7 amide bonds. The molecular formula is C46H94N18O8. The van der Waals surface area contributed by atoms with Crippen molar-refractivity contribution < 1.29 is 38.3 Å². The van der Waals surface area contributed by atoms with Gasteiger partial charge in [0.15, 0.2) is 0 Å². The van der Waals surface area contributed by atoms with Crippen molar-refractivity contribution >= 4 is 41.4 Å². The second kappa shape index (κ2) is 44.9. The van der Waals surface area contributed by atoms with Crippen LogP contribution in [-0.4, -0.2) is 156 Å². The Kier molecular flexibility index (Phi) is 41.9. The number of nitrogens with zero attached hydrogens (tertiary/aromatic N) is 3. The van der Waals surface area contributed by atoms with Gasteiger partial charge in [-0.25, -0.2) is 0 Å². The number of hydrogen-bond donors (Lipinski definition) is 15. The van der Waals surface area contributed by atoms with E-state index in [-0.39, 0.29) is 63.9 Å². The summed E-state index contributed by atoms with van der Waals surface area (Å²) in [6.45, 7) is 3.16. The van der Waals surface area contributed by atoms with Gasteiger partial charge in [0, 0.05) is 37.6 Å². The van der Waals surface area contributed by atoms with E-state index in [1.807, 2.05) is 0 Å². The molecule has 26 nitrogen and oxygen atoms in total. The minimum atomic E-state index is -1.08. The van der Waals surface area contributed by atoms with Gasteiger partial charge in [0.2, 0.25) is 41.4 Å². The van der Waals surface area contributed by atoms with Gasteiger partial charge in [0.25, 0.3) is 0 Å². The molecular weight excluding hydrogens is 933 g/mol. The van der Waals surface area contributed by atoms with Crippen molar-refractivity contribution in [3.05, 3.63) is 10.4 Å². The molecule has 72 heavy (non-hydrogen) atoms. The number of nitrogens with one attached hydrogen (secondary N) is 7. The molecule has 0 rings (SSSR count). The Bertz CT molecular complexity index is 1560. The van der Waals surface area contributed by atoms with Gasteiger partial charge in [-0.2, -0.15) is 0 Å². The van der Waals surface area contributed by atoms with E-state index in [9.17, 15) is 33.6 Å². The van der Waals surface area contributed by atoms with Crippen LogP contribution in [0.4, 0.5) is 0 Å². The molecule has 0 aromatic rings. The second-order valence-electron chi connectivity index (χ2n) is 18.0. The van der Waals surface area contributed by atoms with E-state index < -0.39 is 71.8 Å². The molecule has 0 fully saturated rings. The third-order valence-electron chi connectivity index (χ3n) is 11.7. The second-order valence-corrected chi connectivity index (χ2v) is 18.0. The molecule has 0 aromatic heterocycles. The summed E-state index contributed by atoms with van der Waals surface area (Å²) in [6.07, 6.45) is 10.6. The highest BCUT2D eigenvalue weighted by Crippen LogP contribution is 2.09. The van der Waals surface area contributed by atoms with Crippen LogP contribution >= 0.6 is 0 Å². The van der Waals surface area contributed by atoms with Gasteiger partial charge in [-0.1, -0.05) is 30.8 Å². The summed E-state index contributed by atoms with van der Waals surface area (Å²) in [7, 11) is 0. The Balaban J connectivity index is 5.90. The van der Waals surface area contributed by atoms with Crippen LogP contribution in [0.15, 0.2) is 5.11 Å². The van der Waals surface area contributed by atoms with Crippen molar-refractivity contribution in [2.75, 3.05) is 72.1 Å². The van der Waals surface area contributed by atoms with E-state index in [0.29, 0.717) is 129 Å². The lowest BCUT2D eigenvalue weighted by Gasteiger charge is -2.24. The van der Waals surface area contributed by atoms with Crippen molar-refractivity contribution in [2.45, 2.75) is 177 Å². The molecule has 0 heterocycles. The maximum absolute atomic E-state index is 14.0. The van der Waals surface area contributed by atoms with Crippen LogP contribution in [0.1, 0.15) is 135 Å². The third-order valence-corrected chi connectivity index (χ3v) is 11.7. The Hall–Kier alpha value is -4.76.